The van der Waals surface area contributed by atoms with Crippen LogP contribution in [0.4, 0.5) is 0 Å². The predicted molar refractivity (Wildman–Crippen MR) is 62.8 cm³/mol. The maximum Gasteiger partial charge on any atom is 0.0586 e. The molecule has 2 nitrogen and oxygen atoms in total. The topological polar surface area (TPSA) is 23.5 Å². The monoisotopic (exact) mass is 211 g/mol. The summed E-state index contributed by atoms with van der Waals surface area (Å²) >= 11 is 0. The predicted octanol–water partition coefficient (Wildman–Crippen LogP) is 2.27. The Morgan fingerprint density at radius 1 is 1.13 bits per heavy atom. The van der Waals surface area contributed by atoms with Crippen molar-refractivity contribution in [1.29, 1.82) is 0 Å². The number of aliphatic hydroxyl groups is 1. The molecule has 1 saturated heterocycles. The second-order valence-electron chi connectivity index (χ2n) is 5.79. The molecule has 1 N–H and O–H groups in total. The molecule has 2 heteroatoms. The first kappa shape index (κ1) is 11.4. The van der Waals surface area contributed by atoms with Crippen LogP contribution >= 0.6 is 0 Å². The highest BCUT2D eigenvalue weighted by Gasteiger charge is 2.34. The highest BCUT2D eigenvalue weighted by atomic mass is 16.3. The minimum absolute atomic E-state index is 0.360. The summed E-state index contributed by atoms with van der Waals surface area (Å²) in [7, 11) is 0. The molecule has 3 atom stereocenters. The Hall–Kier alpha value is -0.0800. The van der Waals surface area contributed by atoms with Gasteiger partial charge in [-0.15, -0.1) is 0 Å². The van der Waals surface area contributed by atoms with Crippen molar-refractivity contribution in [1.82, 2.24) is 4.90 Å². The Morgan fingerprint density at radius 3 is 2.40 bits per heavy atom. The van der Waals surface area contributed by atoms with E-state index in [4.69, 9.17) is 0 Å². The zero-order valence-electron chi connectivity index (χ0n) is 10.2. The Bertz CT molecular complexity index is 197. The lowest BCUT2D eigenvalue weighted by Crippen LogP contribution is -2.44. The quantitative estimate of drug-likeness (QED) is 0.757. The number of aliphatic hydroxyl groups excluding tert-OH is 1. The molecule has 1 aliphatic heterocycles. The molecule has 2 aliphatic rings. The summed E-state index contributed by atoms with van der Waals surface area (Å²) < 4.78 is 0. The maximum atomic E-state index is 9.36. The fourth-order valence-electron chi connectivity index (χ4n) is 3.71. The van der Waals surface area contributed by atoms with Crippen LogP contribution in [-0.2, 0) is 0 Å². The number of likely N-dealkylation sites (tertiary alicyclic amines) is 1. The van der Waals surface area contributed by atoms with Crippen LogP contribution < -0.4 is 0 Å². The lowest BCUT2D eigenvalue weighted by Gasteiger charge is -2.39. The SMILES string of the molecule is CC1CC(C)CC(N2CCC[C@@H]2CO)C1. The van der Waals surface area contributed by atoms with Crippen LogP contribution in [0.25, 0.3) is 0 Å². The van der Waals surface area contributed by atoms with Gasteiger partial charge >= 0.3 is 0 Å². The first-order valence-electron chi connectivity index (χ1n) is 6.57. The number of rotatable bonds is 2. The molecule has 2 unspecified atom stereocenters. The van der Waals surface area contributed by atoms with E-state index in [1.165, 1.54) is 38.6 Å². The summed E-state index contributed by atoms with van der Waals surface area (Å²) in [5.74, 6) is 1.75. The molecule has 0 aromatic carbocycles. The highest BCUT2D eigenvalue weighted by Crippen LogP contribution is 2.34. The van der Waals surface area contributed by atoms with Crippen molar-refractivity contribution < 1.29 is 5.11 Å². The largest absolute Gasteiger partial charge is 0.395 e. The Morgan fingerprint density at radius 2 is 1.80 bits per heavy atom. The van der Waals surface area contributed by atoms with E-state index in [-0.39, 0.29) is 0 Å². The lowest BCUT2D eigenvalue weighted by atomic mass is 9.79. The number of hydrogen-bond donors (Lipinski definition) is 1. The smallest absolute Gasteiger partial charge is 0.0586 e. The van der Waals surface area contributed by atoms with Gasteiger partial charge in [0.2, 0.25) is 0 Å². The van der Waals surface area contributed by atoms with Gasteiger partial charge in [0.1, 0.15) is 0 Å². The normalized spacial score (nSPS) is 43.4. The molecule has 88 valence electrons. The molecule has 0 aromatic heterocycles. The maximum absolute atomic E-state index is 9.36. The first-order chi connectivity index (χ1) is 7.20. The summed E-state index contributed by atoms with van der Waals surface area (Å²) in [6, 6.07) is 1.22. The van der Waals surface area contributed by atoms with Crippen molar-refractivity contribution in [2.75, 3.05) is 13.2 Å². The van der Waals surface area contributed by atoms with E-state index < -0.39 is 0 Å². The fourth-order valence-corrected chi connectivity index (χ4v) is 3.71. The van der Waals surface area contributed by atoms with E-state index >= 15 is 0 Å². The Kier molecular flexibility index (Phi) is 3.68. The van der Waals surface area contributed by atoms with E-state index in [1.54, 1.807) is 0 Å². The van der Waals surface area contributed by atoms with E-state index in [9.17, 15) is 5.11 Å². The van der Waals surface area contributed by atoms with Crippen molar-refractivity contribution in [3.05, 3.63) is 0 Å². The van der Waals surface area contributed by atoms with Gasteiger partial charge in [0, 0.05) is 12.1 Å². The van der Waals surface area contributed by atoms with Gasteiger partial charge in [-0.05, 0) is 50.5 Å². The summed E-state index contributed by atoms with van der Waals surface area (Å²) in [5, 5.41) is 9.36. The van der Waals surface area contributed by atoms with Gasteiger partial charge in [-0.3, -0.25) is 4.90 Å². The van der Waals surface area contributed by atoms with Crippen LogP contribution in [0.15, 0.2) is 0 Å². The molecule has 1 heterocycles. The molecule has 0 spiro atoms. The van der Waals surface area contributed by atoms with E-state index in [0.29, 0.717) is 12.6 Å². The molecular weight excluding hydrogens is 186 g/mol. The molecule has 0 radical (unpaired) electrons. The van der Waals surface area contributed by atoms with E-state index in [0.717, 1.165) is 17.9 Å². The van der Waals surface area contributed by atoms with Gasteiger partial charge in [-0.1, -0.05) is 13.8 Å². The van der Waals surface area contributed by atoms with Gasteiger partial charge in [0.25, 0.3) is 0 Å². The van der Waals surface area contributed by atoms with Gasteiger partial charge in [-0.2, -0.15) is 0 Å². The second-order valence-corrected chi connectivity index (χ2v) is 5.79. The Balaban J connectivity index is 1.96. The summed E-state index contributed by atoms with van der Waals surface area (Å²) in [6.45, 7) is 6.34. The standard InChI is InChI=1S/C13H25NO/c1-10-6-11(2)8-13(7-10)14-5-3-4-12(14)9-15/h10-13,15H,3-9H2,1-2H3/t10?,11?,12-,13?/m1/s1. The molecule has 0 amide bonds. The van der Waals surface area contributed by atoms with Crippen molar-refractivity contribution >= 4 is 0 Å². The van der Waals surface area contributed by atoms with Crippen molar-refractivity contribution in [3.63, 3.8) is 0 Å². The molecular formula is C13H25NO. The van der Waals surface area contributed by atoms with E-state index in [1.807, 2.05) is 0 Å². The van der Waals surface area contributed by atoms with Crippen LogP contribution in [0.5, 0.6) is 0 Å². The zero-order chi connectivity index (χ0) is 10.8. The fraction of sp³-hybridized carbons (Fsp3) is 1.00. The third-order valence-corrected chi connectivity index (χ3v) is 4.26. The number of hydrogen-bond acceptors (Lipinski definition) is 2. The average Bonchev–Trinajstić information content (AvgIpc) is 2.63. The number of nitrogens with zero attached hydrogens (tertiary/aromatic N) is 1. The van der Waals surface area contributed by atoms with Crippen LogP contribution in [0, 0.1) is 11.8 Å². The zero-order valence-corrected chi connectivity index (χ0v) is 10.2. The summed E-state index contributed by atoms with van der Waals surface area (Å²) in [5.41, 5.74) is 0. The van der Waals surface area contributed by atoms with Crippen LogP contribution in [0.1, 0.15) is 46.0 Å². The highest BCUT2D eigenvalue weighted by molar-refractivity contribution is 4.88. The summed E-state index contributed by atoms with van der Waals surface area (Å²) in [6.07, 6.45) is 6.58. The molecule has 15 heavy (non-hydrogen) atoms. The third-order valence-electron chi connectivity index (χ3n) is 4.26. The molecule has 1 saturated carbocycles. The first-order valence-corrected chi connectivity index (χ1v) is 6.57. The molecule has 0 aromatic rings. The van der Waals surface area contributed by atoms with Gasteiger partial charge in [-0.25, -0.2) is 0 Å². The van der Waals surface area contributed by atoms with Crippen LogP contribution in [0.3, 0.4) is 0 Å². The molecule has 0 bridgehead atoms. The minimum atomic E-state index is 0.360. The van der Waals surface area contributed by atoms with E-state index in [2.05, 4.69) is 18.7 Å². The molecule has 2 rings (SSSR count). The third kappa shape index (κ3) is 2.54. The molecule has 1 aliphatic carbocycles. The van der Waals surface area contributed by atoms with Gasteiger partial charge in [0.05, 0.1) is 6.61 Å². The van der Waals surface area contributed by atoms with Crippen molar-refractivity contribution in [2.24, 2.45) is 11.8 Å². The molecule has 2 fully saturated rings. The van der Waals surface area contributed by atoms with Crippen molar-refractivity contribution in [3.8, 4) is 0 Å². The lowest BCUT2D eigenvalue weighted by molar-refractivity contribution is 0.0707. The Labute approximate surface area is 93.7 Å². The van der Waals surface area contributed by atoms with Gasteiger partial charge < -0.3 is 5.11 Å². The minimum Gasteiger partial charge on any atom is -0.395 e. The van der Waals surface area contributed by atoms with Crippen LogP contribution in [-0.4, -0.2) is 35.2 Å². The van der Waals surface area contributed by atoms with Crippen LogP contribution in [0.2, 0.25) is 0 Å². The van der Waals surface area contributed by atoms with Crippen molar-refractivity contribution in [2.45, 2.75) is 58.0 Å². The summed E-state index contributed by atoms with van der Waals surface area (Å²) in [4.78, 5) is 2.59. The van der Waals surface area contributed by atoms with Gasteiger partial charge in [0.15, 0.2) is 0 Å². The average molecular weight is 211 g/mol. The second kappa shape index (κ2) is 4.84.